The first-order valence-corrected chi connectivity index (χ1v) is 8.00. The summed E-state index contributed by atoms with van der Waals surface area (Å²) in [6.45, 7) is 2.65. The van der Waals surface area contributed by atoms with E-state index in [1.54, 1.807) is 28.8 Å². The molecule has 1 aromatic heterocycles. The predicted octanol–water partition coefficient (Wildman–Crippen LogP) is 2.01. The molecule has 1 aromatic carbocycles. The highest BCUT2D eigenvalue weighted by atomic mass is 32.2. The summed E-state index contributed by atoms with van der Waals surface area (Å²) in [6, 6.07) is 10.7. The van der Waals surface area contributed by atoms with Crippen LogP contribution in [0.4, 0.5) is 5.69 Å². The SMILES string of the molecule is CCn1cnc(S(=O)(=O)N(CCC#N)c2ccccc2)c1. The Labute approximate surface area is 124 Å². The van der Waals surface area contributed by atoms with Crippen molar-refractivity contribution in [1.82, 2.24) is 9.55 Å². The fourth-order valence-electron chi connectivity index (χ4n) is 1.89. The molecule has 0 atom stereocenters. The first-order valence-electron chi connectivity index (χ1n) is 6.56. The molecule has 0 amide bonds. The Morgan fingerprint density at radius 1 is 1.33 bits per heavy atom. The van der Waals surface area contributed by atoms with Crippen LogP contribution in [0.2, 0.25) is 0 Å². The Kier molecular flexibility index (Phi) is 4.60. The molecule has 0 aliphatic rings. The molecule has 2 aromatic rings. The number of nitriles is 1. The highest BCUT2D eigenvalue weighted by Crippen LogP contribution is 2.22. The quantitative estimate of drug-likeness (QED) is 0.817. The van der Waals surface area contributed by atoms with E-state index in [0.29, 0.717) is 12.2 Å². The lowest BCUT2D eigenvalue weighted by molar-refractivity contribution is 0.587. The van der Waals surface area contributed by atoms with Gasteiger partial charge in [0.2, 0.25) is 0 Å². The van der Waals surface area contributed by atoms with Gasteiger partial charge in [0.05, 0.1) is 24.5 Å². The van der Waals surface area contributed by atoms with Crippen molar-refractivity contribution >= 4 is 15.7 Å². The first-order chi connectivity index (χ1) is 10.1. The summed E-state index contributed by atoms with van der Waals surface area (Å²) >= 11 is 0. The standard InChI is InChI=1S/C14H16N4O2S/c1-2-17-11-14(16-12-17)21(19,20)18(10-6-9-15)13-7-4-3-5-8-13/h3-5,7-8,11-12H,2,6,10H2,1H3. The van der Waals surface area contributed by atoms with Crippen molar-refractivity contribution in [2.45, 2.75) is 24.9 Å². The first kappa shape index (κ1) is 15.1. The predicted molar refractivity (Wildman–Crippen MR) is 79.1 cm³/mol. The molecule has 0 radical (unpaired) electrons. The lowest BCUT2D eigenvalue weighted by Crippen LogP contribution is -2.32. The second kappa shape index (κ2) is 6.41. The molecule has 7 heteroatoms. The maximum Gasteiger partial charge on any atom is 0.283 e. The van der Waals surface area contributed by atoms with Crippen LogP contribution in [-0.4, -0.2) is 24.5 Å². The number of hydrogen-bond donors (Lipinski definition) is 0. The summed E-state index contributed by atoms with van der Waals surface area (Å²) < 4.78 is 28.3. The van der Waals surface area contributed by atoms with Gasteiger partial charge >= 0.3 is 0 Å². The molecule has 0 bridgehead atoms. The van der Waals surface area contributed by atoms with Crippen LogP contribution in [0.15, 0.2) is 47.9 Å². The fourth-order valence-corrected chi connectivity index (χ4v) is 3.30. The Balaban J connectivity index is 2.42. The Hall–Kier alpha value is -2.33. The summed E-state index contributed by atoms with van der Waals surface area (Å²) in [5.74, 6) is 0. The van der Waals surface area contributed by atoms with Crippen LogP contribution in [0.1, 0.15) is 13.3 Å². The number of benzene rings is 1. The molecule has 6 nitrogen and oxygen atoms in total. The summed E-state index contributed by atoms with van der Waals surface area (Å²) in [5.41, 5.74) is 0.527. The topological polar surface area (TPSA) is 79.0 Å². The molecular formula is C14H16N4O2S. The maximum absolute atomic E-state index is 12.7. The van der Waals surface area contributed by atoms with E-state index in [-0.39, 0.29) is 18.0 Å². The minimum atomic E-state index is -3.77. The van der Waals surface area contributed by atoms with Crippen molar-refractivity contribution in [2.24, 2.45) is 0 Å². The van der Waals surface area contributed by atoms with E-state index in [4.69, 9.17) is 5.26 Å². The van der Waals surface area contributed by atoms with E-state index in [0.717, 1.165) is 0 Å². The van der Waals surface area contributed by atoms with Gasteiger partial charge in [-0.15, -0.1) is 0 Å². The van der Waals surface area contributed by atoms with Gasteiger partial charge in [-0.1, -0.05) is 18.2 Å². The molecule has 0 saturated heterocycles. The molecule has 0 saturated carbocycles. The summed E-state index contributed by atoms with van der Waals surface area (Å²) in [5, 5.41) is 8.74. The zero-order valence-corrected chi connectivity index (χ0v) is 12.5. The average molecular weight is 304 g/mol. The minimum Gasteiger partial charge on any atom is -0.336 e. The highest BCUT2D eigenvalue weighted by molar-refractivity contribution is 7.92. The van der Waals surface area contributed by atoms with Gasteiger partial charge in [-0.05, 0) is 19.1 Å². The molecule has 1 heterocycles. The Bertz CT molecular complexity index is 732. The maximum atomic E-state index is 12.7. The van der Waals surface area contributed by atoms with Crippen molar-refractivity contribution < 1.29 is 8.42 Å². The van der Waals surface area contributed by atoms with E-state index in [1.165, 1.54) is 16.8 Å². The van der Waals surface area contributed by atoms with Crippen molar-refractivity contribution in [1.29, 1.82) is 5.26 Å². The highest BCUT2D eigenvalue weighted by Gasteiger charge is 2.26. The number of hydrogen-bond acceptors (Lipinski definition) is 4. The monoisotopic (exact) mass is 304 g/mol. The van der Waals surface area contributed by atoms with Gasteiger partial charge in [0.15, 0.2) is 5.03 Å². The summed E-state index contributed by atoms with van der Waals surface area (Å²) in [7, 11) is -3.77. The molecule has 0 fully saturated rings. The number of aromatic nitrogens is 2. The second-order valence-electron chi connectivity index (χ2n) is 4.36. The van der Waals surface area contributed by atoms with Crippen molar-refractivity contribution in [3.63, 3.8) is 0 Å². The average Bonchev–Trinajstić information content (AvgIpc) is 2.98. The molecule has 0 N–H and O–H groups in total. The van der Waals surface area contributed by atoms with Crippen LogP contribution in [0.5, 0.6) is 0 Å². The van der Waals surface area contributed by atoms with Crippen molar-refractivity contribution in [3.8, 4) is 6.07 Å². The summed E-state index contributed by atoms with van der Waals surface area (Å²) in [4.78, 5) is 3.96. The van der Waals surface area contributed by atoms with Crippen molar-refractivity contribution in [2.75, 3.05) is 10.8 Å². The molecule has 0 aliphatic heterocycles. The van der Waals surface area contributed by atoms with E-state index < -0.39 is 10.0 Å². The van der Waals surface area contributed by atoms with Crippen LogP contribution >= 0.6 is 0 Å². The van der Waals surface area contributed by atoms with Gasteiger partial charge < -0.3 is 4.57 Å². The van der Waals surface area contributed by atoms with E-state index in [9.17, 15) is 8.42 Å². The normalized spacial score (nSPS) is 11.0. The molecule has 0 spiro atoms. The molecule has 110 valence electrons. The van der Waals surface area contributed by atoms with Gasteiger partial charge in [0, 0.05) is 19.3 Å². The fraction of sp³-hybridized carbons (Fsp3) is 0.286. The Morgan fingerprint density at radius 2 is 2.05 bits per heavy atom. The van der Waals surface area contributed by atoms with Crippen LogP contribution in [0.25, 0.3) is 0 Å². The largest absolute Gasteiger partial charge is 0.336 e. The van der Waals surface area contributed by atoms with Crippen LogP contribution in [-0.2, 0) is 16.6 Å². The van der Waals surface area contributed by atoms with Crippen LogP contribution < -0.4 is 4.31 Å². The minimum absolute atomic E-state index is 0.00820. The van der Waals surface area contributed by atoms with Gasteiger partial charge in [-0.2, -0.15) is 13.7 Å². The number of para-hydroxylation sites is 1. The van der Waals surface area contributed by atoms with Crippen LogP contribution in [0, 0.1) is 11.3 Å². The van der Waals surface area contributed by atoms with Gasteiger partial charge in [0.25, 0.3) is 10.0 Å². The summed E-state index contributed by atoms with van der Waals surface area (Å²) in [6.07, 6.45) is 3.10. The number of aryl methyl sites for hydroxylation is 1. The van der Waals surface area contributed by atoms with E-state index in [1.807, 2.05) is 19.1 Å². The van der Waals surface area contributed by atoms with E-state index >= 15 is 0 Å². The zero-order chi connectivity index (χ0) is 15.3. The number of sulfonamides is 1. The Morgan fingerprint density at radius 3 is 2.62 bits per heavy atom. The van der Waals surface area contributed by atoms with E-state index in [2.05, 4.69) is 4.98 Å². The second-order valence-corrected chi connectivity index (χ2v) is 6.17. The van der Waals surface area contributed by atoms with Crippen LogP contribution in [0.3, 0.4) is 0 Å². The molecule has 2 rings (SSSR count). The van der Waals surface area contributed by atoms with Gasteiger partial charge in [0.1, 0.15) is 0 Å². The molecule has 0 unspecified atom stereocenters. The van der Waals surface area contributed by atoms with Gasteiger partial charge in [-0.25, -0.2) is 4.98 Å². The third kappa shape index (κ3) is 3.23. The van der Waals surface area contributed by atoms with Crippen molar-refractivity contribution in [3.05, 3.63) is 42.9 Å². The van der Waals surface area contributed by atoms with Gasteiger partial charge in [-0.3, -0.25) is 4.31 Å². The number of imidazole rings is 1. The third-order valence-electron chi connectivity index (χ3n) is 3.00. The molecular weight excluding hydrogens is 288 g/mol. The lowest BCUT2D eigenvalue weighted by Gasteiger charge is -2.22. The lowest BCUT2D eigenvalue weighted by atomic mass is 10.3. The zero-order valence-electron chi connectivity index (χ0n) is 11.7. The number of anilines is 1. The molecule has 0 aliphatic carbocycles. The third-order valence-corrected chi connectivity index (χ3v) is 4.71. The smallest absolute Gasteiger partial charge is 0.283 e. The molecule has 21 heavy (non-hydrogen) atoms. The number of rotatable bonds is 6. The number of nitrogens with zero attached hydrogens (tertiary/aromatic N) is 4.